The number of nitrogens with zero attached hydrogens (tertiary/aromatic N) is 3. The van der Waals surface area contributed by atoms with Crippen LogP contribution in [-0.2, 0) is 7.05 Å². The van der Waals surface area contributed by atoms with Gasteiger partial charge in [0.25, 0.3) is 0 Å². The number of aromatic nitrogens is 2. The van der Waals surface area contributed by atoms with Crippen LogP contribution in [-0.4, -0.2) is 54.4 Å². The van der Waals surface area contributed by atoms with E-state index >= 15 is 0 Å². The van der Waals surface area contributed by atoms with E-state index in [1.54, 1.807) is 7.11 Å². The summed E-state index contributed by atoms with van der Waals surface area (Å²) in [5.41, 5.74) is 3.44. The molecule has 3 heterocycles. The summed E-state index contributed by atoms with van der Waals surface area (Å²) in [7, 11) is 5.79. The lowest BCUT2D eigenvalue weighted by molar-refractivity contribution is 0.212. The average molecular weight is 358 g/mol. The predicted molar refractivity (Wildman–Crippen MR) is 104 cm³/mol. The quantitative estimate of drug-likeness (QED) is 0.913. The van der Waals surface area contributed by atoms with Crippen molar-refractivity contribution in [1.82, 2.24) is 19.4 Å². The minimum atomic E-state index is 0.101. The zero-order valence-corrected chi connectivity index (χ0v) is 16.1. The predicted octanol–water partition coefficient (Wildman–Crippen LogP) is 2.08. The van der Waals surface area contributed by atoms with Crippen LogP contribution in [0.1, 0.15) is 43.2 Å². The van der Waals surface area contributed by atoms with Crippen molar-refractivity contribution in [3.8, 4) is 5.75 Å². The van der Waals surface area contributed by atoms with Crippen LogP contribution in [0.3, 0.4) is 0 Å². The van der Waals surface area contributed by atoms with Gasteiger partial charge >= 0.3 is 5.69 Å². The third kappa shape index (κ3) is 2.85. The lowest BCUT2D eigenvalue weighted by Gasteiger charge is -2.30. The minimum absolute atomic E-state index is 0.101. The molecule has 142 valence electrons. The van der Waals surface area contributed by atoms with Gasteiger partial charge in [0.1, 0.15) is 5.75 Å². The van der Waals surface area contributed by atoms with Crippen LogP contribution in [0.25, 0.3) is 11.0 Å². The van der Waals surface area contributed by atoms with E-state index in [1.807, 2.05) is 16.2 Å². The number of imidazole rings is 1. The van der Waals surface area contributed by atoms with Crippen LogP contribution < -0.4 is 15.7 Å². The van der Waals surface area contributed by atoms with Crippen molar-refractivity contribution in [2.75, 3.05) is 40.3 Å². The van der Waals surface area contributed by atoms with Crippen molar-refractivity contribution in [3.05, 3.63) is 28.2 Å². The molecule has 0 amide bonds. The highest BCUT2D eigenvalue weighted by Gasteiger charge is 2.28. The number of hydrogen-bond acceptors (Lipinski definition) is 4. The fourth-order valence-corrected chi connectivity index (χ4v) is 4.87. The molecule has 0 aliphatic carbocycles. The zero-order chi connectivity index (χ0) is 18.3. The molecule has 4 rings (SSSR count). The maximum absolute atomic E-state index is 13.2. The Kier molecular flexibility index (Phi) is 4.80. The number of nitrogens with one attached hydrogen (secondary N) is 1. The van der Waals surface area contributed by atoms with Crippen molar-refractivity contribution < 1.29 is 4.74 Å². The second-order valence-electron chi connectivity index (χ2n) is 7.84. The van der Waals surface area contributed by atoms with Gasteiger partial charge in [-0.1, -0.05) is 0 Å². The monoisotopic (exact) mass is 358 g/mol. The van der Waals surface area contributed by atoms with Gasteiger partial charge in [0.2, 0.25) is 0 Å². The van der Waals surface area contributed by atoms with Crippen LogP contribution in [0.5, 0.6) is 5.75 Å². The van der Waals surface area contributed by atoms with E-state index < -0.39 is 0 Å². The van der Waals surface area contributed by atoms with E-state index in [0.29, 0.717) is 5.92 Å². The van der Waals surface area contributed by atoms with Crippen LogP contribution >= 0.6 is 0 Å². The van der Waals surface area contributed by atoms with Gasteiger partial charge in [-0.2, -0.15) is 0 Å². The smallest absolute Gasteiger partial charge is 0.329 e. The largest absolute Gasteiger partial charge is 0.496 e. The van der Waals surface area contributed by atoms with E-state index in [1.165, 1.54) is 5.56 Å². The Morgan fingerprint density at radius 3 is 2.62 bits per heavy atom. The van der Waals surface area contributed by atoms with Gasteiger partial charge in [0, 0.05) is 19.2 Å². The van der Waals surface area contributed by atoms with Gasteiger partial charge in [-0.15, -0.1) is 0 Å². The second kappa shape index (κ2) is 7.08. The third-order valence-corrected chi connectivity index (χ3v) is 6.18. The van der Waals surface area contributed by atoms with Gasteiger partial charge in [0.05, 0.1) is 24.2 Å². The number of likely N-dealkylation sites (tertiary alicyclic amines) is 1. The molecule has 2 aliphatic rings. The van der Waals surface area contributed by atoms with Crippen LogP contribution in [0, 0.1) is 0 Å². The molecule has 0 saturated carbocycles. The molecule has 6 heteroatoms. The first-order valence-electron chi connectivity index (χ1n) is 9.79. The topological polar surface area (TPSA) is 51.4 Å². The SMILES string of the molecule is COc1ccc2c(c1C1CCNCC1)n(C)c(=O)n2C1CCCN(C)C1. The van der Waals surface area contributed by atoms with Crippen molar-refractivity contribution in [2.24, 2.45) is 7.05 Å². The van der Waals surface area contributed by atoms with E-state index in [-0.39, 0.29) is 11.7 Å². The Labute approximate surface area is 154 Å². The fraction of sp³-hybridized carbons (Fsp3) is 0.650. The lowest BCUT2D eigenvalue weighted by Crippen LogP contribution is -2.37. The van der Waals surface area contributed by atoms with Gasteiger partial charge in [-0.3, -0.25) is 9.13 Å². The van der Waals surface area contributed by atoms with Crippen molar-refractivity contribution in [2.45, 2.75) is 37.6 Å². The molecule has 1 unspecified atom stereocenters. The Morgan fingerprint density at radius 2 is 1.92 bits per heavy atom. The normalized spacial score (nSPS) is 22.8. The van der Waals surface area contributed by atoms with E-state index in [0.717, 1.165) is 68.6 Å². The summed E-state index contributed by atoms with van der Waals surface area (Å²) in [6, 6.07) is 4.39. The maximum Gasteiger partial charge on any atom is 0.329 e. The van der Waals surface area contributed by atoms with Gasteiger partial charge in [-0.05, 0) is 70.4 Å². The maximum atomic E-state index is 13.2. The molecule has 1 atom stereocenters. The average Bonchev–Trinajstić information content (AvgIpc) is 2.92. The highest BCUT2D eigenvalue weighted by molar-refractivity contribution is 5.83. The Hall–Kier alpha value is -1.79. The number of fused-ring (bicyclic) bond motifs is 1. The summed E-state index contributed by atoms with van der Waals surface area (Å²) in [6.45, 7) is 4.09. The zero-order valence-electron chi connectivity index (χ0n) is 16.1. The van der Waals surface area contributed by atoms with Gasteiger partial charge < -0.3 is 15.0 Å². The molecule has 2 fully saturated rings. The minimum Gasteiger partial charge on any atom is -0.496 e. The summed E-state index contributed by atoms with van der Waals surface area (Å²) < 4.78 is 9.61. The highest BCUT2D eigenvalue weighted by atomic mass is 16.5. The molecule has 1 N–H and O–H groups in total. The molecule has 26 heavy (non-hydrogen) atoms. The molecule has 6 nitrogen and oxygen atoms in total. The number of hydrogen-bond donors (Lipinski definition) is 1. The Morgan fingerprint density at radius 1 is 1.15 bits per heavy atom. The molecular weight excluding hydrogens is 328 g/mol. The first-order valence-corrected chi connectivity index (χ1v) is 9.79. The molecule has 0 bridgehead atoms. The number of likely N-dealkylation sites (N-methyl/N-ethyl adjacent to an activating group) is 1. The summed E-state index contributed by atoms with van der Waals surface area (Å²) >= 11 is 0. The number of ether oxygens (including phenoxy) is 1. The Bertz CT molecular complexity index is 848. The van der Waals surface area contributed by atoms with Crippen LogP contribution in [0.2, 0.25) is 0 Å². The first-order chi connectivity index (χ1) is 12.6. The molecule has 2 aliphatic heterocycles. The van der Waals surface area contributed by atoms with Crippen LogP contribution in [0.4, 0.5) is 0 Å². The molecular formula is C20H30N4O2. The summed E-state index contributed by atoms with van der Waals surface area (Å²) in [5.74, 6) is 1.35. The summed E-state index contributed by atoms with van der Waals surface area (Å²) in [5, 5.41) is 3.44. The molecule has 2 aromatic rings. The number of benzene rings is 1. The number of rotatable bonds is 3. The van der Waals surface area contributed by atoms with Crippen molar-refractivity contribution >= 4 is 11.0 Å². The summed E-state index contributed by atoms with van der Waals surface area (Å²) in [4.78, 5) is 15.5. The van der Waals surface area contributed by atoms with Gasteiger partial charge in [0.15, 0.2) is 0 Å². The van der Waals surface area contributed by atoms with Gasteiger partial charge in [-0.25, -0.2) is 4.79 Å². The summed E-state index contributed by atoms with van der Waals surface area (Å²) in [6.07, 6.45) is 4.38. The van der Waals surface area contributed by atoms with E-state index in [2.05, 4.69) is 29.4 Å². The third-order valence-electron chi connectivity index (χ3n) is 6.18. The number of piperidine rings is 2. The molecule has 0 radical (unpaired) electrons. The number of aryl methyl sites for hydroxylation is 1. The van der Waals surface area contributed by atoms with E-state index in [4.69, 9.17) is 4.74 Å². The first kappa shape index (κ1) is 17.6. The standard InChI is InChI=1S/C20H30N4O2/c1-22-12-4-5-15(13-22)24-16-6-7-17(26-3)18(14-8-10-21-11-9-14)19(16)23(2)20(24)25/h6-7,14-15,21H,4-5,8-13H2,1-3H3. The fourth-order valence-electron chi connectivity index (χ4n) is 4.87. The molecule has 1 aromatic heterocycles. The van der Waals surface area contributed by atoms with Crippen LogP contribution in [0.15, 0.2) is 16.9 Å². The van der Waals surface area contributed by atoms with Crippen molar-refractivity contribution in [1.29, 1.82) is 0 Å². The van der Waals surface area contributed by atoms with Crippen molar-refractivity contribution in [3.63, 3.8) is 0 Å². The van der Waals surface area contributed by atoms with E-state index in [9.17, 15) is 4.79 Å². The Balaban J connectivity index is 1.90. The highest BCUT2D eigenvalue weighted by Crippen LogP contribution is 2.38. The molecule has 2 saturated heterocycles. The number of methoxy groups -OCH3 is 1. The molecule has 1 aromatic carbocycles. The lowest BCUT2D eigenvalue weighted by atomic mass is 9.88. The molecule has 0 spiro atoms. The second-order valence-corrected chi connectivity index (χ2v) is 7.84.